The van der Waals surface area contributed by atoms with Crippen molar-refractivity contribution >= 4 is 29.1 Å². The average Bonchev–Trinajstić information content (AvgIpc) is 3.14. The zero-order valence-corrected chi connectivity index (χ0v) is 17.8. The zero-order chi connectivity index (χ0) is 22.7. The smallest absolute Gasteiger partial charge is 0.255 e. The summed E-state index contributed by atoms with van der Waals surface area (Å²) in [6.07, 6.45) is -0.0651. The number of carbonyl (C=O) groups excluding carboxylic acids is 3. The highest BCUT2D eigenvalue weighted by Crippen LogP contribution is 2.35. The van der Waals surface area contributed by atoms with Gasteiger partial charge < -0.3 is 24.6 Å². The van der Waals surface area contributed by atoms with Crippen LogP contribution in [0.4, 0.5) is 15.8 Å². The van der Waals surface area contributed by atoms with Crippen molar-refractivity contribution < 1.29 is 28.2 Å². The molecule has 1 unspecified atom stereocenters. The van der Waals surface area contributed by atoms with E-state index in [2.05, 4.69) is 5.32 Å². The summed E-state index contributed by atoms with van der Waals surface area (Å²) in [7, 11) is 6.07. The molecule has 0 bridgehead atoms. The predicted octanol–water partition coefficient (Wildman–Crippen LogP) is 2.54. The van der Waals surface area contributed by atoms with Crippen molar-refractivity contribution in [2.24, 2.45) is 5.92 Å². The Labute approximate surface area is 179 Å². The second-order valence-electron chi connectivity index (χ2n) is 7.30. The van der Waals surface area contributed by atoms with Gasteiger partial charge >= 0.3 is 0 Å². The first-order chi connectivity index (χ1) is 14.8. The lowest BCUT2D eigenvalue weighted by atomic mass is 10.1. The normalized spacial score (nSPS) is 15.6. The number of methoxy groups -OCH3 is 2. The number of nitrogens with one attached hydrogen (secondary N) is 1. The summed E-state index contributed by atoms with van der Waals surface area (Å²) >= 11 is 0. The van der Waals surface area contributed by atoms with Crippen molar-refractivity contribution in [1.82, 2.24) is 4.90 Å². The van der Waals surface area contributed by atoms with E-state index in [0.717, 1.165) is 0 Å². The highest BCUT2D eigenvalue weighted by Gasteiger charge is 2.36. The minimum atomic E-state index is -0.706. The van der Waals surface area contributed by atoms with Crippen molar-refractivity contribution in [3.05, 3.63) is 47.8 Å². The van der Waals surface area contributed by atoms with Crippen LogP contribution in [-0.4, -0.2) is 57.5 Å². The molecule has 2 aromatic rings. The van der Waals surface area contributed by atoms with Crippen molar-refractivity contribution in [2.45, 2.75) is 6.42 Å². The maximum Gasteiger partial charge on any atom is 0.255 e. The average molecular weight is 429 g/mol. The number of hydrogen-bond acceptors (Lipinski definition) is 5. The number of rotatable bonds is 6. The molecule has 2 aromatic carbocycles. The van der Waals surface area contributed by atoms with Crippen LogP contribution >= 0.6 is 0 Å². The van der Waals surface area contributed by atoms with E-state index in [9.17, 15) is 18.8 Å². The van der Waals surface area contributed by atoms with Crippen molar-refractivity contribution in [1.29, 1.82) is 0 Å². The van der Waals surface area contributed by atoms with Gasteiger partial charge in [-0.15, -0.1) is 0 Å². The third-order valence-electron chi connectivity index (χ3n) is 5.06. The molecule has 31 heavy (non-hydrogen) atoms. The first-order valence-electron chi connectivity index (χ1n) is 9.60. The van der Waals surface area contributed by atoms with E-state index >= 15 is 0 Å². The van der Waals surface area contributed by atoms with E-state index in [1.54, 1.807) is 20.2 Å². The molecule has 8 nitrogen and oxygen atoms in total. The van der Waals surface area contributed by atoms with Crippen LogP contribution in [0.1, 0.15) is 16.8 Å². The first-order valence-corrected chi connectivity index (χ1v) is 9.60. The topological polar surface area (TPSA) is 88.2 Å². The van der Waals surface area contributed by atoms with Crippen LogP contribution < -0.4 is 19.7 Å². The molecule has 3 amide bonds. The Morgan fingerprint density at radius 2 is 1.77 bits per heavy atom. The minimum Gasteiger partial charge on any atom is -0.493 e. The highest BCUT2D eigenvalue weighted by atomic mass is 19.1. The summed E-state index contributed by atoms with van der Waals surface area (Å²) in [6.45, 7) is 0.0375. The molecule has 3 rings (SSSR count). The molecule has 1 aliphatic heterocycles. The third kappa shape index (κ3) is 4.45. The Balaban J connectivity index is 1.87. The predicted molar refractivity (Wildman–Crippen MR) is 113 cm³/mol. The highest BCUT2D eigenvalue weighted by molar-refractivity contribution is 6.07. The second-order valence-corrected chi connectivity index (χ2v) is 7.30. The lowest BCUT2D eigenvalue weighted by Gasteiger charge is -2.19. The van der Waals surface area contributed by atoms with E-state index in [1.807, 2.05) is 0 Å². The molecule has 0 radical (unpaired) electrons. The van der Waals surface area contributed by atoms with Crippen LogP contribution in [0.5, 0.6) is 11.5 Å². The number of carbonyl (C=O) groups is 3. The van der Waals surface area contributed by atoms with Gasteiger partial charge in [0.05, 0.1) is 37.1 Å². The minimum absolute atomic E-state index is 0.0375. The van der Waals surface area contributed by atoms with Crippen LogP contribution in [-0.2, 0) is 9.59 Å². The van der Waals surface area contributed by atoms with E-state index in [-0.39, 0.29) is 41.7 Å². The Hall–Kier alpha value is -3.62. The number of amides is 3. The van der Waals surface area contributed by atoms with E-state index < -0.39 is 17.6 Å². The zero-order valence-electron chi connectivity index (χ0n) is 17.8. The SMILES string of the molecule is COc1cc(NC(=O)C2CC(=O)N(c3ccccc3F)C2)c(C(=O)N(C)C)cc1OC. The molecule has 164 valence electrons. The van der Waals surface area contributed by atoms with Gasteiger partial charge in [-0.25, -0.2) is 4.39 Å². The number of benzene rings is 2. The Morgan fingerprint density at radius 1 is 1.13 bits per heavy atom. The lowest BCUT2D eigenvalue weighted by Crippen LogP contribution is -2.29. The maximum absolute atomic E-state index is 14.1. The number of ether oxygens (including phenoxy) is 2. The molecule has 1 fully saturated rings. The van der Waals surface area contributed by atoms with Gasteiger partial charge in [-0.05, 0) is 18.2 Å². The molecular formula is C22H24FN3O5. The molecule has 1 saturated heterocycles. The number of nitrogens with zero attached hydrogens (tertiary/aromatic N) is 2. The number of halogens is 1. The first kappa shape index (κ1) is 22.1. The molecule has 0 aliphatic carbocycles. The number of anilines is 2. The van der Waals surface area contributed by atoms with Crippen molar-refractivity contribution in [3.8, 4) is 11.5 Å². The van der Waals surface area contributed by atoms with Crippen LogP contribution in [0.3, 0.4) is 0 Å². The number of hydrogen-bond donors (Lipinski definition) is 1. The number of para-hydroxylation sites is 1. The third-order valence-corrected chi connectivity index (χ3v) is 5.06. The van der Waals surface area contributed by atoms with Crippen LogP contribution in [0.2, 0.25) is 0 Å². The molecule has 0 spiro atoms. The summed E-state index contributed by atoms with van der Waals surface area (Å²) < 4.78 is 24.6. The fourth-order valence-electron chi connectivity index (χ4n) is 3.42. The van der Waals surface area contributed by atoms with Gasteiger partial charge in [0.2, 0.25) is 11.8 Å². The summed E-state index contributed by atoms with van der Waals surface area (Å²) in [5.41, 5.74) is 0.585. The fourth-order valence-corrected chi connectivity index (χ4v) is 3.42. The molecule has 0 saturated carbocycles. The standard InChI is InChI=1S/C22H24FN3O5/c1-25(2)22(29)14-10-18(30-3)19(31-4)11-16(14)24-21(28)13-9-20(27)26(12-13)17-8-6-5-7-15(17)23/h5-8,10-11,13H,9,12H2,1-4H3,(H,24,28). The summed E-state index contributed by atoms with van der Waals surface area (Å²) in [5.74, 6) is -1.70. The molecule has 9 heteroatoms. The molecule has 1 N–H and O–H groups in total. The van der Waals surface area contributed by atoms with E-state index in [0.29, 0.717) is 11.5 Å². The van der Waals surface area contributed by atoms with Crippen LogP contribution in [0.15, 0.2) is 36.4 Å². The second kappa shape index (κ2) is 9.03. The van der Waals surface area contributed by atoms with E-state index in [1.165, 1.54) is 54.4 Å². The molecule has 1 heterocycles. The largest absolute Gasteiger partial charge is 0.493 e. The Morgan fingerprint density at radius 3 is 2.39 bits per heavy atom. The van der Waals surface area contributed by atoms with Gasteiger partial charge in [-0.1, -0.05) is 12.1 Å². The summed E-state index contributed by atoms with van der Waals surface area (Å²) in [5, 5.41) is 2.73. The summed E-state index contributed by atoms with van der Waals surface area (Å²) in [6, 6.07) is 8.90. The lowest BCUT2D eigenvalue weighted by molar-refractivity contribution is -0.122. The van der Waals surface area contributed by atoms with Gasteiger partial charge in [0.15, 0.2) is 11.5 Å². The van der Waals surface area contributed by atoms with Gasteiger partial charge in [0, 0.05) is 33.1 Å². The quantitative estimate of drug-likeness (QED) is 0.763. The summed E-state index contributed by atoms with van der Waals surface area (Å²) in [4.78, 5) is 40.6. The van der Waals surface area contributed by atoms with Gasteiger partial charge in [-0.2, -0.15) is 0 Å². The molecule has 1 aliphatic rings. The van der Waals surface area contributed by atoms with E-state index in [4.69, 9.17) is 9.47 Å². The van der Waals surface area contributed by atoms with Crippen LogP contribution in [0, 0.1) is 11.7 Å². The molecular weight excluding hydrogens is 405 g/mol. The molecule has 0 aromatic heterocycles. The van der Waals surface area contributed by atoms with Gasteiger partial charge in [0.25, 0.3) is 5.91 Å². The van der Waals surface area contributed by atoms with Gasteiger partial charge in [-0.3, -0.25) is 14.4 Å². The van der Waals surface area contributed by atoms with Gasteiger partial charge in [0.1, 0.15) is 5.82 Å². The van der Waals surface area contributed by atoms with Crippen molar-refractivity contribution in [2.75, 3.05) is 45.1 Å². The maximum atomic E-state index is 14.1. The molecule has 1 atom stereocenters. The van der Waals surface area contributed by atoms with Crippen molar-refractivity contribution in [3.63, 3.8) is 0 Å². The fraction of sp³-hybridized carbons (Fsp3) is 0.318. The Bertz CT molecular complexity index is 1020. The monoisotopic (exact) mass is 429 g/mol. The van der Waals surface area contributed by atoms with Crippen LogP contribution in [0.25, 0.3) is 0 Å². The Kier molecular flexibility index (Phi) is 6.43.